The maximum absolute atomic E-state index is 6.62. The normalized spacial score (nSPS) is 20.5. The van der Waals surface area contributed by atoms with Crippen molar-refractivity contribution in [2.45, 2.75) is 38.6 Å². The van der Waals surface area contributed by atoms with Crippen molar-refractivity contribution in [2.24, 2.45) is 0 Å². The van der Waals surface area contributed by atoms with Crippen molar-refractivity contribution in [1.82, 2.24) is 0 Å². The molecule has 2 unspecified atom stereocenters. The van der Waals surface area contributed by atoms with Gasteiger partial charge in [-0.05, 0) is 102 Å². The number of rotatable bonds is 4. The summed E-state index contributed by atoms with van der Waals surface area (Å²) in [6.45, 7) is 2.94. The maximum Gasteiger partial charge on any atom is 0.199 e. The highest BCUT2D eigenvalue weighted by molar-refractivity contribution is 14.1. The summed E-state index contributed by atoms with van der Waals surface area (Å²) in [7, 11) is 0. The fraction of sp³-hybridized carbons (Fsp3) is 0.259. The molecule has 1 saturated heterocycles. The van der Waals surface area contributed by atoms with E-state index in [4.69, 9.17) is 14.2 Å². The second-order valence-corrected chi connectivity index (χ2v) is 10.3. The lowest BCUT2D eigenvalue weighted by Gasteiger charge is -2.32. The van der Waals surface area contributed by atoms with Crippen LogP contribution in [0.2, 0.25) is 0 Å². The fourth-order valence-electron chi connectivity index (χ4n) is 4.36. The zero-order valence-electron chi connectivity index (χ0n) is 17.8. The Morgan fingerprint density at radius 3 is 2.59 bits per heavy atom. The van der Waals surface area contributed by atoms with Gasteiger partial charge in [0.05, 0.1) is 6.61 Å². The van der Waals surface area contributed by atoms with Gasteiger partial charge in [0.25, 0.3) is 0 Å². The highest BCUT2D eigenvalue weighted by atomic mass is 127. The second-order valence-electron chi connectivity index (χ2n) is 8.17. The summed E-state index contributed by atoms with van der Waals surface area (Å²) >= 11 is 5.97. The van der Waals surface area contributed by atoms with Gasteiger partial charge in [-0.25, -0.2) is 0 Å². The minimum atomic E-state index is -0.178. The van der Waals surface area contributed by atoms with Gasteiger partial charge in [0.15, 0.2) is 6.29 Å². The van der Waals surface area contributed by atoms with E-state index >= 15 is 0 Å². The molecule has 0 saturated carbocycles. The number of hydrogen-bond acceptors (Lipinski definition) is 3. The second kappa shape index (κ2) is 9.57. The Labute approximate surface area is 211 Å². The maximum atomic E-state index is 6.62. The van der Waals surface area contributed by atoms with E-state index in [1.807, 2.05) is 18.2 Å². The minimum Gasteiger partial charge on any atom is -0.480 e. The van der Waals surface area contributed by atoms with Crippen LogP contribution in [0.25, 0.3) is 11.1 Å². The summed E-state index contributed by atoms with van der Waals surface area (Å²) in [5, 5.41) is 0. The summed E-state index contributed by atoms with van der Waals surface area (Å²) in [6.07, 6.45) is 2.83. The van der Waals surface area contributed by atoms with Crippen molar-refractivity contribution in [1.29, 1.82) is 0 Å². The van der Waals surface area contributed by atoms with E-state index in [-0.39, 0.29) is 12.4 Å². The molecule has 0 aromatic heterocycles. The van der Waals surface area contributed by atoms with Crippen molar-refractivity contribution in [3.05, 3.63) is 91.5 Å². The molecule has 1 fully saturated rings. The van der Waals surface area contributed by atoms with E-state index in [2.05, 4.69) is 94.0 Å². The summed E-state index contributed by atoms with van der Waals surface area (Å²) in [4.78, 5) is 0. The van der Waals surface area contributed by atoms with Crippen LogP contribution in [0.4, 0.5) is 0 Å². The van der Waals surface area contributed by atoms with Crippen LogP contribution in [0, 0.1) is 3.57 Å². The lowest BCUT2D eigenvalue weighted by atomic mass is 9.86. The molecule has 32 heavy (non-hydrogen) atoms. The molecule has 2 aliphatic rings. The fourth-order valence-corrected chi connectivity index (χ4v) is 5.12. The standard InChI is InChI=1S/C27H24BrIO3/c1-17-23-16-22(31-25-7-2-3-14-30-25)12-13-24(23)32-27(18-8-10-21(29)11-9-18)26(17)19-5-4-6-20(28)15-19/h4-6,8-13,15-16,25,27H,2-3,7,14H2,1H3. The molecule has 2 aliphatic heterocycles. The molecule has 0 radical (unpaired) electrons. The van der Waals surface area contributed by atoms with Crippen molar-refractivity contribution in [2.75, 3.05) is 6.61 Å². The van der Waals surface area contributed by atoms with E-state index in [0.29, 0.717) is 0 Å². The Balaban J connectivity index is 1.58. The zero-order chi connectivity index (χ0) is 22.1. The highest BCUT2D eigenvalue weighted by Crippen LogP contribution is 2.47. The molecule has 2 atom stereocenters. The summed E-state index contributed by atoms with van der Waals surface area (Å²) in [6, 6.07) is 23.1. The first-order valence-electron chi connectivity index (χ1n) is 10.9. The lowest BCUT2D eigenvalue weighted by molar-refractivity contribution is -0.105. The molecule has 0 bridgehead atoms. The van der Waals surface area contributed by atoms with Crippen LogP contribution in [0.1, 0.15) is 49.0 Å². The first-order chi connectivity index (χ1) is 15.6. The third kappa shape index (κ3) is 4.61. The van der Waals surface area contributed by atoms with Gasteiger partial charge in [0.2, 0.25) is 0 Å². The molecule has 5 rings (SSSR count). The van der Waals surface area contributed by atoms with Gasteiger partial charge in [-0.1, -0.05) is 40.2 Å². The molecule has 2 heterocycles. The monoisotopic (exact) mass is 602 g/mol. The van der Waals surface area contributed by atoms with Gasteiger partial charge in [-0.2, -0.15) is 0 Å². The van der Waals surface area contributed by atoms with Crippen LogP contribution in [0.15, 0.2) is 71.2 Å². The molecule has 0 spiro atoms. The van der Waals surface area contributed by atoms with Crippen LogP contribution >= 0.6 is 38.5 Å². The number of halogens is 2. The quantitative estimate of drug-likeness (QED) is 0.283. The highest BCUT2D eigenvalue weighted by Gasteiger charge is 2.30. The Hall–Kier alpha value is -1.83. The minimum absolute atomic E-state index is 0.167. The Morgan fingerprint density at radius 1 is 1.00 bits per heavy atom. The first kappa shape index (κ1) is 22.0. The molecule has 3 aromatic rings. The summed E-state index contributed by atoms with van der Waals surface area (Å²) in [5.41, 5.74) is 5.72. The first-order valence-corrected chi connectivity index (χ1v) is 12.8. The van der Waals surface area contributed by atoms with E-state index in [1.165, 1.54) is 14.7 Å². The van der Waals surface area contributed by atoms with Gasteiger partial charge in [0.1, 0.15) is 17.6 Å². The van der Waals surface area contributed by atoms with Crippen LogP contribution < -0.4 is 9.47 Å². The molecular formula is C27H24BrIO3. The number of ether oxygens (including phenoxy) is 3. The molecule has 5 heteroatoms. The smallest absolute Gasteiger partial charge is 0.199 e. The Morgan fingerprint density at radius 2 is 1.84 bits per heavy atom. The zero-order valence-corrected chi connectivity index (χ0v) is 21.6. The molecule has 3 aromatic carbocycles. The Kier molecular flexibility index (Phi) is 6.58. The molecule has 0 amide bonds. The van der Waals surface area contributed by atoms with Gasteiger partial charge >= 0.3 is 0 Å². The molecule has 3 nitrogen and oxygen atoms in total. The van der Waals surface area contributed by atoms with Gasteiger partial charge in [0, 0.05) is 25.6 Å². The average Bonchev–Trinajstić information content (AvgIpc) is 2.80. The van der Waals surface area contributed by atoms with Crippen molar-refractivity contribution < 1.29 is 14.2 Å². The summed E-state index contributed by atoms with van der Waals surface area (Å²) in [5.74, 6) is 1.70. The SMILES string of the molecule is CC1=C(c2cccc(Br)c2)C(c2ccc(I)cc2)Oc2ccc(OC3CCCCO3)cc21. The molecule has 164 valence electrons. The largest absolute Gasteiger partial charge is 0.480 e. The van der Waals surface area contributed by atoms with Crippen molar-refractivity contribution in [3.63, 3.8) is 0 Å². The van der Waals surface area contributed by atoms with Crippen molar-refractivity contribution in [3.8, 4) is 11.5 Å². The van der Waals surface area contributed by atoms with E-state index in [0.717, 1.165) is 58.5 Å². The van der Waals surface area contributed by atoms with E-state index in [9.17, 15) is 0 Å². The van der Waals surface area contributed by atoms with Gasteiger partial charge in [-0.15, -0.1) is 0 Å². The third-order valence-electron chi connectivity index (χ3n) is 5.98. The number of benzene rings is 3. The topological polar surface area (TPSA) is 27.7 Å². The van der Waals surface area contributed by atoms with Crippen molar-refractivity contribution >= 4 is 49.7 Å². The van der Waals surface area contributed by atoms with Crippen LogP contribution in [-0.4, -0.2) is 12.9 Å². The van der Waals surface area contributed by atoms with E-state index in [1.54, 1.807) is 0 Å². The number of fused-ring (bicyclic) bond motifs is 1. The molecule has 0 N–H and O–H groups in total. The van der Waals surface area contributed by atoms with Crippen LogP contribution in [0.5, 0.6) is 11.5 Å². The van der Waals surface area contributed by atoms with Gasteiger partial charge < -0.3 is 14.2 Å². The van der Waals surface area contributed by atoms with E-state index < -0.39 is 0 Å². The summed E-state index contributed by atoms with van der Waals surface area (Å²) < 4.78 is 20.8. The molecular weight excluding hydrogens is 579 g/mol. The van der Waals surface area contributed by atoms with Crippen LogP contribution in [0.3, 0.4) is 0 Å². The van der Waals surface area contributed by atoms with Crippen LogP contribution in [-0.2, 0) is 4.74 Å². The predicted octanol–water partition coefficient (Wildman–Crippen LogP) is 8.02. The third-order valence-corrected chi connectivity index (χ3v) is 7.19. The number of allylic oxidation sites excluding steroid dienone is 1. The van der Waals surface area contributed by atoms with Gasteiger partial charge in [-0.3, -0.25) is 0 Å². The average molecular weight is 603 g/mol. The number of hydrogen-bond donors (Lipinski definition) is 0. The predicted molar refractivity (Wildman–Crippen MR) is 140 cm³/mol. The molecule has 0 aliphatic carbocycles. The Bertz CT molecular complexity index is 1150. The lowest BCUT2D eigenvalue weighted by Crippen LogP contribution is -2.25.